The van der Waals surface area contributed by atoms with Crippen LogP contribution in [0, 0.1) is 5.92 Å². The van der Waals surface area contributed by atoms with Crippen molar-refractivity contribution in [2.75, 3.05) is 13.3 Å². The largest absolute Gasteiger partial charge is 0.490 e. The number of hydrogen-bond acceptors (Lipinski definition) is 14. The maximum atomic E-state index is 11.9. The molecular weight excluding hydrogens is 551 g/mol. The van der Waals surface area contributed by atoms with E-state index in [2.05, 4.69) is 28.1 Å². The zero-order valence-corrected chi connectivity index (χ0v) is 21.7. The van der Waals surface area contributed by atoms with Gasteiger partial charge in [0, 0.05) is 5.92 Å². The molecule has 0 aromatic carbocycles. The van der Waals surface area contributed by atoms with E-state index >= 15 is 0 Å². The Bertz CT molecular complexity index is 1080. The van der Waals surface area contributed by atoms with Crippen LogP contribution in [-0.4, -0.2) is 96.1 Å². The lowest BCUT2D eigenvalue weighted by Gasteiger charge is -2.35. The van der Waals surface area contributed by atoms with Gasteiger partial charge in [-0.3, -0.25) is 9.52 Å². The summed E-state index contributed by atoms with van der Waals surface area (Å²) in [6, 6.07) is 0. The van der Waals surface area contributed by atoms with Crippen LogP contribution in [0.15, 0.2) is 15.0 Å². The van der Waals surface area contributed by atoms with E-state index in [1.165, 1.54) is 11.2 Å². The third-order valence-corrected chi connectivity index (χ3v) is 9.43. The van der Waals surface area contributed by atoms with Crippen molar-refractivity contribution in [3.05, 3.63) is 0 Å². The lowest BCUT2D eigenvalue weighted by molar-refractivity contribution is -0.0680. The number of rotatable bonds is 11. The minimum atomic E-state index is -5.71. The number of amidine groups is 1. The zero-order valence-electron chi connectivity index (χ0n) is 19.0. The van der Waals surface area contributed by atoms with Crippen LogP contribution in [-0.2, 0) is 31.6 Å². The fourth-order valence-corrected chi connectivity index (χ4v) is 6.94. The third-order valence-electron chi connectivity index (χ3n) is 5.63. The molecule has 0 aromatic rings. The van der Waals surface area contributed by atoms with Gasteiger partial charge in [0.25, 0.3) is 0 Å². The first kappa shape index (κ1) is 29.6. The van der Waals surface area contributed by atoms with Crippen molar-refractivity contribution in [1.29, 1.82) is 0 Å². The molecule has 206 valence electrons. The van der Waals surface area contributed by atoms with Crippen molar-refractivity contribution in [2.45, 2.75) is 56.9 Å². The minimum Gasteiger partial charge on any atom is -0.387 e. The average Bonchev–Trinajstić information content (AvgIpc) is 3.27. The van der Waals surface area contributed by atoms with Gasteiger partial charge >= 0.3 is 23.5 Å². The van der Waals surface area contributed by atoms with Crippen molar-refractivity contribution in [3.8, 4) is 0 Å². The topological polar surface area (TPSA) is 276 Å². The summed E-state index contributed by atoms with van der Waals surface area (Å²) in [6.07, 6.45) is -3.05. The number of ether oxygens (including phenoxy) is 1. The van der Waals surface area contributed by atoms with E-state index < -0.39 is 60.3 Å². The van der Waals surface area contributed by atoms with E-state index in [9.17, 15) is 33.7 Å². The first-order valence-corrected chi connectivity index (χ1v) is 15.0. The van der Waals surface area contributed by atoms with Gasteiger partial charge in [0.2, 0.25) is 0 Å². The van der Waals surface area contributed by atoms with Gasteiger partial charge in [0.1, 0.15) is 37.0 Å². The van der Waals surface area contributed by atoms with E-state index in [0.29, 0.717) is 5.71 Å². The molecule has 3 aliphatic rings. The summed E-state index contributed by atoms with van der Waals surface area (Å²) < 4.78 is 51.4. The maximum absolute atomic E-state index is 11.9. The van der Waals surface area contributed by atoms with Gasteiger partial charge in [0.05, 0.1) is 6.61 Å². The molecule has 1 saturated heterocycles. The smallest absolute Gasteiger partial charge is 0.387 e. The lowest BCUT2D eigenvalue weighted by Crippen LogP contribution is -2.58. The molecule has 0 aromatic heterocycles. The molecule has 1 fully saturated rings. The van der Waals surface area contributed by atoms with E-state index in [1.54, 1.807) is 0 Å². The molecule has 0 radical (unpaired) electrons. The lowest BCUT2D eigenvalue weighted by atomic mass is 9.86. The van der Waals surface area contributed by atoms with Gasteiger partial charge < -0.3 is 45.2 Å². The fourth-order valence-electron chi connectivity index (χ4n) is 3.91. The molecule has 0 bridgehead atoms. The second kappa shape index (κ2) is 10.7. The molecule has 3 rings (SSSR count). The van der Waals surface area contributed by atoms with E-state index in [0.717, 1.165) is 12.8 Å². The molecule has 8 N–H and O–H groups in total. The van der Waals surface area contributed by atoms with E-state index in [1.807, 2.05) is 13.8 Å². The second-order valence-electron chi connectivity index (χ2n) is 8.26. The van der Waals surface area contributed by atoms with Crippen LogP contribution < -0.4 is 5.73 Å². The molecule has 3 heterocycles. The number of aliphatic hydroxyl groups excluding tert-OH is 2. The monoisotopic (exact) mass is 579 g/mol. The summed E-state index contributed by atoms with van der Waals surface area (Å²) in [5.41, 5.74) is 5.73. The Morgan fingerprint density at radius 3 is 2.47 bits per heavy atom. The average molecular weight is 579 g/mol. The fraction of sp³-hybridized carbons (Fsp3) is 0.800. The molecule has 4 unspecified atom stereocenters. The Morgan fingerprint density at radius 1 is 1.19 bits per heavy atom. The summed E-state index contributed by atoms with van der Waals surface area (Å²) in [5, 5.41) is 20.9. The van der Waals surface area contributed by atoms with Gasteiger partial charge in [-0.15, -0.1) is 0 Å². The molecule has 0 spiro atoms. The Kier molecular flexibility index (Phi) is 8.78. The van der Waals surface area contributed by atoms with Gasteiger partial charge in [-0.2, -0.15) is 8.62 Å². The first-order chi connectivity index (χ1) is 16.5. The van der Waals surface area contributed by atoms with Crippen molar-refractivity contribution in [3.63, 3.8) is 0 Å². The number of fused-ring (bicyclic) bond motifs is 1. The predicted octanol–water partition coefficient (Wildman–Crippen LogP) is -0.978. The van der Waals surface area contributed by atoms with E-state index in [4.69, 9.17) is 20.3 Å². The second-order valence-corrected chi connectivity index (χ2v) is 12.7. The maximum Gasteiger partial charge on any atom is 0.490 e. The summed E-state index contributed by atoms with van der Waals surface area (Å²) in [7, 11) is -16.7. The molecule has 0 saturated carbocycles. The number of phosphoric acid groups is 3. The van der Waals surface area contributed by atoms with Crippen molar-refractivity contribution >= 4 is 41.4 Å². The molecule has 36 heavy (non-hydrogen) atoms. The van der Waals surface area contributed by atoms with E-state index in [-0.39, 0.29) is 18.4 Å². The van der Waals surface area contributed by atoms with Crippen molar-refractivity contribution in [1.82, 2.24) is 4.90 Å². The van der Waals surface area contributed by atoms with Crippen LogP contribution in [0.3, 0.4) is 0 Å². The van der Waals surface area contributed by atoms with Crippen LogP contribution in [0.2, 0.25) is 0 Å². The Labute approximate surface area is 204 Å². The molecule has 3 aliphatic heterocycles. The number of nitrogens with zero attached hydrogens (tertiary/aromatic N) is 4. The van der Waals surface area contributed by atoms with Crippen LogP contribution in [0.5, 0.6) is 0 Å². The summed E-state index contributed by atoms with van der Waals surface area (Å²) in [6.45, 7) is 2.92. The van der Waals surface area contributed by atoms with Gasteiger partial charge in [-0.05, 0) is 6.42 Å². The van der Waals surface area contributed by atoms with Gasteiger partial charge in [-0.25, -0.2) is 23.7 Å². The van der Waals surface area contributed by atoms with Gasteiger partial charge in [-0.1, -0.05) is 20.3 Å². The SMILES string of the molecule is CCCC(C)C1(N)N=CN=C2C1=NCN2[C@@H]1O[C@H](COP(=O)(O)OP(=O)(O)OP(=O)(O)O)[C@@H](O)[C@H]1O. The minimum absolute atomic E-state index is 0.0492. The molecule has 0 aliphatic carbocycles. The highest BCUT2D eigenvalue weighted by Gasteiger charge is 2.52. The number of aliphatic hydroxyl groups is 2. The van der Waals surface area contributed by atoms with Crippen LogP contribution >= 0.6 is 23.5 Å². The highest BCUT2D eigenvalue weighted by Crippen LogP contribution is 2.66. The Hall–Kier alpha value is -0.940. The highest BCUT2D eigenvalue weighted by atomic mass is 31.3. The standard InChI is InChI=1S/C15H28N5O13P3/c1-3-4-8(2)15(16)12-13(17-6-19-15)20(7-18-12)14-11(22)10(21)9(31-14)5-30-35(26,27)33-36(28,29)32-34(23,24)25/h6,8-11,14,21-22H,3-5,7,16H2,1-2H3,(H,26,27)(H,28,29)(H2,23,24,25)/t8?,9-,10-,11-,14-,15?/m1/s1. The predicted molar refractivity (Wildman–Crippen MR) is 122 cm³/mol. The quantitative estimate of drug-likeness (QED) is 0.145. The Balaban J connectivity index is 1.66. The normalized spacial score (nSPS) is 34.5. The Morgan fingerprint density at radius 2 is 1.86 bits per heavy atom. The molecular formula is C15H28N5O13P3. The number of phosphoric ester groups is 1. The molecule has 18 nitrogen and oxygen atoms in total. The van der Waals surface area contributed by atoms with Crippen molar-refractivity contribution < 1.29 is 61.4 Å². The molecule has 8 atom stereocenters. The summed E-state index contributed by atoms with van der Waals surface area (Å²) in [5.74, 6) is 0.167. The number of aliphatic imine (C=N–C) groups is 3. The molecule has 0 amide bonds. The zero-order chi connectivity index (χ0) is 27.1. The van der Waals surface area contributed by atoms with Crippen LogP contribution in [0.1, 0.15) is 26.7 Å². The van der Waals surface area contributed by atoms with Crippen LogP contribution in [0.4, 0.5) is 0 Å². The number of hydrogen-bond donors (Lipinski definition) is 7. The summed E-state index contributed by atoms with van der Waals surface area (Å²) in [4.78, 5) is 50.3. The summed E-state index contributed by atoms with van der Waals surface area (Å²) >= 11 is 0. The molecule has 21 heteroatoms. The van der Waals surface area contributed by atoms with Gasteiger partial charge in [0.15, 0.2) is 17.7 Å². The number of nitrogens with two attached hydrogens (primary N) is 1. The highest BCUT2D eigenvalue weighted by molar-refractivity contribution is 7.66. The van der Waals surface area contributed by atoms with Crippen LogP contribution in [0.25, 0.3) is 0 Å². The first-order valence-electron chi connectivity index (χ1n) is 10.5. The van der Waals surface area contributed by atoms with Crippen molar-refractivity contribution in [2.24, 2.45) is 26.6 Å². The third kappa shape index (κ3) is 6.54.